The Hall–Kier alpha value is -2.14. The van der Waals surface area contributed by atoms with Gasteiger partial charge in [-0.25, -0.2) is 0 Å². The van der Waals surface area contributed by atoms with E-state index >= 15 is 0 Å². The van der Waals surface area contributed by atoms with Crippen LogP contribution in [0.25, 0.3) is 22.4 Å². The molecule has 3 aromatic rings. The number of nitrogens with one attached hydrogen (secondary N) is 1. The standard InChI is InChI=1S/C14H15N3O2/c1-3-11(15-2)14-16-13(17-19-14)10-8-18-12-7-5-4-6-9(10)12/h4-8,11,15H,3H2,1-2H3. The Labute approximate surface area is 110 Å². The number of benzene rings is 1. The number of para-hydroxylation sites is 1. The summed E-state index contributed by atoms with van der Waals surface area (Å²) in [6, 6.07) is 7.89. The minimum absolute atomic E-state index is 0.0828. The summed E-state index contributed by atoms with van der Waals surface area (Å²) in [4.78, 5) is 4.44. The molecule has 0 saturated heterocycles. The van der Waals surface area contributed by atoms with Gasteiger partial charge in [-0.05, 0) is 19.5 Å². The number of aromatic nitrogens is 2. The van der Waals surface area contributed by atoms with E-state index < -0.39 is 0 Å². The second-order valence-corrected chi connectivity index (χ2v) is 4.35. The summed E-state index contributed by atoms with van der Waals surface area (Å²) in [5.74, 6) is 1.17. The van der Waals surface area contributed by atoms with E-state index in [2.05, 4.69) is 22.4 Å². The maximum absolute atomic E-state index is 5.49. The highest BCUT2D eigenvalue weighted by molar-refractivity contribution is 5.91. The molecular formula is C14H15N3O2. The molecule has 98 valence electrons. The lowest BCUT2D eigenvalue weighted by molar-refractivity contribution is 0.334. The lowest BCUT2D eigenvalue weighted by Crippen LogP contribution is -2.15. The van der Waals surface area contributed by atoms with E-state index in [0.29, 0.717) is 11.7 Å². The molecule has 0 aliphatic carbocycles. The molecule has 5 heteroatoms. The molecule has 0 spiro atoms. The first-order valence-electron chi connectivity index (χ1n) is 6.31. The van der Waals surface area contributed by atoms with Crippen molar-refractivity contribution in [1.29, 1.82) is 0 Å². The number of fused-ring (bicyclic) bond motifs is 1. The Bertz CT molecular complexity index is 683. The fraction of sp³-hybridized carbons (Fsp3) is 0.286. The maximum atomic E-state index is 5.49. The molecule has 1 N–H and O–H groups in total. The molecule has 0 fully saturated rings. The molecule has 5 nitrogen and oxygen atoms in total. The Morgan fingerprint density at radius 1 is 1.32 bits per heavy atom. The average molecular weight is 257 g/mol. The minimum atomic E-state index is 0.0828. The first kappa shape index (κ1) is 11.9. The highest BCUT2D eigenvalue weighted by Gasteiger charge is 2.18. The van der Waals surface area contributed by atoms with Gasteiger partial charge in [-0.3, -0.25) is 0 Å². The monoisotopic (exact) mass is 257 g/mol. The summed E-state index contributed by atoms with van der Waals surface area (Å²) in [5.41, 5.74) is 1.68. The van der Waals surface area contributed by atoms with E-state index in [4.69, 9.17) is 8.94 Å². The SMILES string of the molecule is CCC(NC)c1nc(-c2coc3ccccc23)no1. The van der Waals surface area contributed by atoms with Crippen LogP contribution in [0.1, 0.15) is 25.3 Å². The van der Waals surface area contributed by atoms with Crippen molar-refractivity contribution in [2.24, 2.45) is 0 Å². The van der Waals surface area contributed by atoms with E-state index in [9.17, 15) is 0 Å². The molecule has 0 radical (unpaired) electrons. The minimum Gasteiger partial charge on any atom is -0.464 e. The van der Waals surface area contributed by atoms with Gasteiger partial charge in [0.15, 0.2) is 0 Å². The normalized spacial score (nSPS) is 12.9. The second kappa shape index (κ2) is 4.85. The molecule has 1 atom stereocenters. The zero-order chi connectivity index (χ0) is 13.2. The van der Waals surface area contributed by atoms with Crippen LogP contribution in [0.15, 0.2) is 39.5 Å². The number of hydrogen-bond donors (Lipinski definition) is 1. The van der Waals surface area contributed by atoms with Crippen LogP contribution in [0.2, 0.25) is 0 Å². The van der Waals surface area contributed by atoms with Gasteiger partial charge in [0.1, 0.15) is 11.8 Å². The van der Waals surface area contributed by atoms with Crippen molar-refractivity contribution in [2.45, 2.75) is 19.4 Å². The van der Waals surface area contributed by atoms with Gasteiger partial charge in [0.25, 0.3) is 0 Å². The third kappa shape index (κ3) is 2.02. The topological polar surface area (TPSA) is 64.1 Å². The van der Waals surface area contributed by atoms with Crippen molar-refractivity contribution >= 4 is 11.0 Å². The first-order valence-corrected chi connectivity index (χ1v) is 6.31. The molecule has 0 saturated carbocycles. The number of nitrogens with zero attached hydrogens (tertiary/aromatic N) is 2. The Kier molecular flexibility index (Phi) is 3.05. The van der Waals surface area contributed by atoms with Gasteiger partial charge in [0, 0.05) is 5.39 Å². The quantitative estimate of drug-likeness (QED) is 0.777. The van der Waals surface area contributed by atoms with Gasteiger partial charge in [-0.1, -0.05) is 30.3 Å². The van der Waals surface area contributed by atoms with Crippen LogP contribution in [0, 0.1) is 0 Å². The molecule has 1 aromatic carbocycles. The van der Waals surface area contributed by atoms with Crippen molar-refractivity contribution in [3.05, 3.63) is 36.4 Å². The summed E-state index contributed by atoms with van der Waals surface area (Å²) in [5, 5.41) is 8.18. The molecule has 3 rings (SSSR count). The predicted molar refractivity (Wildman–Crippen MR) is 71.6 cm³/mol. The first-order chi connectivity index (χ1) is 9.33. The molecule has 2 aromatic heterocycles. The zero-order valence-electron chi connectivity index (χ0n) is 10.9. The van der Waals surface area contributed by atoms with Crippen molar-refractivity contribution in [1.82, 2.24) is 15.5 Å². The predicted octanol–water partition coefficient (Wildman–Crippen LogP) is 3.15. The van der Waals surface area contributed by atoms with Gasteiger partial charge in [0.2, 0.25) is 11.7 Å². The highest BCUT2D eigenvalue weighted by Crippen LogP contribution is 2.29. The molecule has 0 aliphatic rings. The lowest BCUT2D eigenvalue weighted by Gasteiger charge is -2.06. The number of rotatable bonds is 4. The van der Waals surface area contributed by atoms with E-state index in [1.165, 1.54) is 0 Å². The van der Waals surface area contributed by atoms with E-state index in [1.54, 1.807) is 6.26 Å². The molecule has 1 unspecified atom stereocenters. The van der Waals surface area contributed by atoms with Crippen molar-refractivity contribution in [3.8, 4) is 11.4 Å². The fourth-order valence-corrected chi connectivity index (χ4v) is 2.14. The average Bonchev–Trinajstić information content (AvgIpc) is 3.06. The van der Waals surface area contributed by atoms with Crippen LogP contribution in [0.3, 0.4) is 0 Å². The van der Waals surface area contributed by atoms with E-state index in [1.807, 2.05) is 31.3 Å². The maximum Gasteiger partial charge on any atom is 0.244 e. The van der Waals surface area contributed by atoms with Crippen LogP contribution >= 0.6 is 0 Å². The molecule has 2 heterocycles. The van der Waals surface area contributed by atoms with E-state index in [0.717, 1.165) is 23.0 Å². The van der Waals surface area contributed by atoms with Crippen LogP contribution in [0.5, 0.6) is 0 Å². The fourth-order valence-electron chi connectivity index (χ4n) is 2.14. The number of hydrogen-bond acceptors (Lipinski definition) is 5. The zero-order valence-corrected chi connectivity index (χ0v) is 10.9. The molecule has 0 amide bonds. The van der Waals surface area contributed by atoms with Crippen LogP contribution in [-0.2, 0) is 0 Å². The molecule has 19 heavy (non-hydrogen) atoms. The summed E-state index contributed by atoms with van der Waals surface area (Å²) in [6.45, 7) is 2.07. The van der Waals surface area contributed by atoms with E-state index in [-0.39, 0.29) is 6.04 Å². The third-order valence-corrected chi connectivity index (χ3v) is 3.22. The van der Waals surface area contributed by atoms with Gasteiger partial charge < -0.3 is 14.3 Å². The van der Waals surface area contributed by atoms with Crippen LogP contribution < -0.4 is 5.32 Å². The smallest absolute Gasteiger partial charge is 0.244 e. The molecular weight excluding hydrogens is 242 g/mol. The second-order valence-electron chi connectivity index (χ2n) is 4.35. The van der Waals surface area contributed by atoms with Gasteiger partial charge in [-0.15, -0.1) is 0 Å². The van der Waals surface area contributed by atoms with Gasteiger partial charge >= 0.3 is 0 Å². The van der Waals surface area contributed by atoms with Crippen molar-refractivity contribution in [2.75, 3.05) is 7.05 Å². The van der Waals surface area contributed by atoms with Crippen LogP contribution in [0.4, 0.5) is 0 Å². The highest BCUT2D eigenvalue weighted by atomic mass is 16.5. The largest absolute Gasteiger partial charge is 0.464 e. The summed E-state index contributed by atoms with van der Waals surface area (Å²) < 4.78 is 10.8. The summed E-state index contributed by atoms with van der Waals surface area (Å²) in [6.07, 6.45) is 2.56. The Morgan fingerprint density at radius 3 is 2.95 bits per heavy atom. The lowest BCUT2D eigenvalue weighted by atomic mass is 10.1. The van der Waals surface area contributed by atoms with Crippen molar-refractivity contribution < 1.29 is 8.94 Å². The summed E-state index contributed by atoms with van der Waals surface area (Å²) in [7, 11) is 1.88. The molecule has 0 bridgehead atoms. The van der Waals surface area contributed by atoms with Crippen LogP contribution in [-0.4, -0.2) is 17.2 Å². The Balaban J connectivity index is 2.03. The Morgan fingerprint density at radius 2 is 2.16 bits per heavy atom. The number of furan rings is 1. The van der Waals surface area contributed by atoms with Crippen molar-refractivity contribution in [3.63, 3.8) is 0 Å². The van der Waals surface area contributed by atoms with Gasteiger partial charge in [-0.2, -0.15) is 4.98 Å². The van der Waals surface area contributed by atoms with Gasteiger partial charge in [0.05, 0.1) is 11.6 Å². The summed E-state index contributed by atoms with van der Waals surface area (Å²) >= 11 is 0. The third-order valence-electron chi connectivity index (χ3n) is 3.22. The molecule has 0 aliphatic heterocycles.